The number of rotatable bonds is 8. The lowest BCUT2D eigenvalue weighted by Gasteiger charge is -2.17. The Balaban J connectivity index is 1.99. The maximum atomic E-state index is 11.2. The fourth-order valence-electron chi connectivity index (χ4n) is 2.38. The zero-order valence-electron chi connectivity index (χ0n) is 14.2. The van der Waals surface area contributed by atoms with Crippen molar-refractivity contribution in [2.24, 2.45) is 0 Å². The van der Waals surface area contributed by atoms with Crippen LogP contribution in [0.2, 0.25) is 0 Å². The average molecular weight is 348 g/mol. The second-order valence-corrected chi connectivity index (χ2v) is 7.39. The van der Waals surface area contributed by atoms with Crippen molar-refractivity contribution in [2.45, 2.75) is 26.4 Å². The molecule has 0 bridgehead atoms. The second kappa shape index (κ2) is 8.17. The highest BCUT2D eigenvalue weighted by Crippen LogP contribution is 2.21. The molecule has 2 aromatic carbocycles. The van der Waals surface area contributed by atoms with Crippen molar-refractivity contribution in [3.05, 3.63) is 59.7 Å². The van der Waals surface area contributed by atoms with Crippen LogP contribution in [0.25, 0.3) is 0 Å². The van der Waals surface area contributed by atoms with Crippen LogP contribution in [-0.4, -0.2) is 21.3 Å². The van der Waals surface area contributed by atoms with Gasteiger partial charge in [0.05, 0.1) is 12.9 Å². The topological polar surface area (TPSA) is 67.4 Å². The minimum Gasteiger partial charge on any atom is -0.494 e. The van der Waals surface area contributed by atoms with Crippen molar-refractivity contribution in [1.29, 1.82) is 0 Å². The minimum atomic E-state index is -3.25. The fourth-order valence-corrected chi connectivity index (χ4v) is 2.95. The van der Waals surface area contributed by atoms with Crippen molar-refractivity contribution in [2.75, 3.05) is 17.6 Å². The summed E-state index contributed by atoms with van der Waals surface area (Å²) in [5.74, 6) is 0.896. The maximum Gasteiger partial charge on any atom is 0.229 e. The van der Waals surface area contributed by atoms with Gasteiger partial charge >= 0.3 is 0 Å². The Labute approximate surface area is 144 Å². The van der Waals surface area contributed by atoms with Crippen LogP contribution in [0, 0.1) is 0 Å². The first-order valence-corrected chi connectivity index (χ1v) is 9.80. The molecule has 2 N–H and O–H groups in total. The van der Waals surface area contributed by atoms with E-state index in [0.717, 1.165) is 23.1 Å². The van der Waals surface area contributed by atoms with Gasteiger partial charge in [-0.2, -0.15) is 0 Å². The number of hydrogen-bond acceptors (Lipinski definition) is 4. The molecule has 0 saturated carbocycles. The van der Waals surface area contributed by atoms with Gasteiger partial charge in [0, 0.05) is 23.8 Å². The van der Waals surface area contributed by atoms with Gasteiger partial charge in [0.25, 0.3) is 0 Å². The molecule has 5 nitrogen and oxygen atoms in total. The monoisotopic (exact) mass is 348 g/mol. The van der Waals surface area contributed by atoms with E-state index >= 15 is 0 Å². The Kier molecular flexibility index (Phi) is 6.23. The lowest BCUT2D eigenvalue weighted by atomic mass is 10.1. The van der Waals surface area contributed by atoms with Gasteiger partial charge < -0.3 is 10.1 Å². The van der Waals surface area contributed by atoms with Crippen LogP contribution < -0.4 is 14.8 Å². The summed E-state index contributed by atoms with van der Waals surface area (Å²) in [5, 5.41) is 3.46. The fraction of sp³-hybridized carbons (Fsp3) is 0.333. The molecule has 24 heavy (non-hydrogen) atoms. The summed E-state index contributed by atoms with van der Waals surface area (Å²) in [6.07, 6.45) is 1.14. The number of benzene rings is 2. The summed E-state index contributed by atoms with van der Waals surface area (Å²) < 4.78 is 30.6. The Morgan fingerprint density at radius 1 is 1.08 bits per heavy atom. The summed E-state index contributed by atoms with van der Waals surface area (Å²) in [6.45, 7) is 5.38. The van der Waals surface area contributed by atoms with Gasteiger partial charge in [-0.25, -0.2) is 8.42 Å². The van der Waals surface area contributed by atoms with Crippen LogP contribution in [0.1, 0.15) is 31.0 Å². The highest BCUT2D eigenvalue weighted by atomic mass is 32.2. The number of ether oxygens (including phenoxy) is 1. The molecular formula is C18H24N2O3S. The molecule has 0 aliphatic rings. The lowest BCUT2D eigenvalue weighted by Crippen LogP contribution is -2.18. The highest BCUT2D eigenvalue weighted by Gasteiger charge is 2.08. The molecule has 0 aromatic heterocycles. The molecule has 1 atom stereocenters. The van der Waals surface area contributed by atoms with Gasteiger partial charge in [-0.15, -0.1) is 0 Å². The van der Waals surface area contributed by atoms with E-state index in [4.69, 9.17) is 4.74 Å². The molecule has 0 saturated heterocycles. The number of nitrogens with one attached hydrogen (secondary N) is 2. The summed E-state index contributed by atoms with van der Waals surface area (Å²) in [4.78, 5) is 0. The van der Waals surface area contributed by atoms with Gasteiger partial charge in [0.2, 0.25) is 10.0 Å². The molecule has 0 unspecified atom stereocenters. The molecular weight excluding hydrogens is 324 g/mol. The second-order valence-electron chi connectivity index (χ2n) is 5.64. The Bertz CT molecular complexity index is 758. The van der Waals surface area contributed by atoms with E-state index < -0.39 is 10.0 Å². The van der Waals surface area contributed by atoms with Crippen molar-refractivity contribution >= 4 is 15.7 Å². The van der Waals surface area contributed by atoms with Crippen LogP contribution in [-0.2, 0) is 16.6 Å². The first kappa shape index (κ1) is 18.3. The number of para-hydroxylation sites is 1. The van der Waals surface area contributed by atoms with Crippen molar-refractivity contribution in [3.63, 3.8) is 0 Å². The molecule has 130 valence electrons. The van der Waals surface area contributed by atoms with Crippen LogP contribution in [0.15, 0.2) is 48.5 Å². The molecule has 0 heterocycles. The molecule has 0 fully saturated rings. The van der Waals surface area contributed by atoms with Crippen molar-refractivity contribution < 1.29 is 13.2 Å². The van der Waals surface area contributed by atoms with Gasteiger partial charge in [-0.05, 0) is 37.6 Å². The summed E-state index contributed by atoms with van der Waals surface area (Å²) in [5.41, 5.74) is 2.76. The molecule has 0 amide bonds. The van der Waals surface area contributed by atoms with E-state index in [1.165, 1.54) is 0 Å². The average Bonchev–Trinajstić information content (AvgIpc) is 2.53. The van der Waals surface area contributed by atoms with Crippen molar-refractivity contribution in [3.8, 4) is 5.75 Å². The van der Waals surface area contributed by atoms with Crippen LogP contribution in [0.4, 0.5) is 5.69 Å². The Morgan fingerprint density at radius 3 is 2.38 bits per heavy atom. The highest BCUT2D eigenvalue weighted by molar-refractivity contribution is 7.92. The molecule has 0 spiro atoms. The van der Waals surface area contributed by atoms with Crippen LogP contribution in [0.3, 0.4) is 0 Å². The smallest absolute Gasteiger partial charge is 0.229 e. The molecule has 0 radical (unpaired) electrons. The summed E-state index contributed by atoms with van der Waals surface area (Å²) >= 11 is 0. The standard InChI is InChI=1S/C18H24N2O3S/c1-4-23-18-8-6-5-7-16(18)13-19-14(2)15-9-11-17(12-10-15)20-24(3,21)22/h5-12,14,19-20H,4,13H2,1-3H3/t14-/m1/s1. The summed E-state index contributed by atoms with van der Waals surface area (Å²) in [7, 11) is -3.25. The van der Waals surface area contributed by atoms with Gasteiger partial charge in [0.1, 0.15) is 5.75 Å². The lowest BCUT2D eigenvalue weighted by molar-refractivity contribution is 0.335. The molecule has 0 aliphatic carbocycles. The third kappa shape index (κ3) is 5.54. The molecule has 0 aliphatic heterocycles. The predicted molar refractivity (Wildman–Crippen MR) is 97.8 cm³/mol. The van der Waals surface area contributed by atoms with Gasteiger partial charge in [-0.3, -0.25) is 4.72 Å². The van der Waals surface area contributed by atoms with E-state index in [1.807, 2.05) is 43.3 Å². The van der Waals surface area contributed by atoms with Gasteiger partial charge in [0.15, 0.2) is 0 Å². The minimum absolute atomic E-state index is 0.131. The third-order valence-electron chi connectivity index (χ3n) is 3.59. The first-order chi connectivity index (χ1) is 11.4. The Hall–Kier alpha value is -2.05. The maximum absolute atomic E-state index is 11.2. The van der Waals surface area contributed by atoms with E-state index in [9.17, 15) is 8.42 Å². The number of anilines is 1. The van der Waals surface area contributed by atoms with Crippen LogP contribution in [0.5, 0.6) is 5.75 Å². The summed E-state index contributed by atoms with van der Waals surface area (Å²) in [6, 6.07) is 15.5. The largest absolute Gasteiger partial charge is 0.494 e. The predicted octanol–water partition coefficient (Wildman–Crippen LogP) is 3.31. The molecule has 2 aromatic rings. The third-order valence-corrected chi connectivity index (χ3v) is 4.19. The first-order valence-electron chi connectivity index (χ1n) is 7.91. The van der Waals surface area contributed by atoms with E-state index in [-0.39, 0.29) is 6.04 Å². The number of sulfonamides is 1. The van der Waals surface area contributed by atoms with Crippen LogP contribution >= 0.6 is 0 Å². The van der Waals surface area contributed by atoms with E-state index in [2.05, 4.69) is 17.0 Å². The number of hydrogen-bond donors (Lipinski definition) is 2. The normalized spacial score (nSPS) is 12.6. The zero-order chi connectivity index (χ0) is 17.6. The SMILES string of the molecule is CCOc1ccccc1CN[C@H](C)c1ccc(NS(C)(=O)=O)cc1. The molecule has 2 rings (SSSR count). The zero-order valence-corrected chi connectivity index (χ0v) is 15.1. The van der Waals surface area contributed by atoms with Crippen molar-refractivity contribution in [1.82, 2.24) is 5.32 Å². The van der Waals surface area contributed by atoms with E-state index in [1.54, 1.807) is 12.1 Å². The quantitative estimate of drug-likeness (QED) is 0.768. The molecule has 6 heteroatoms. The Morgan fingerprint density at radius 2 is 1.75 bits per heavy atom. The van der Waals surface area contributed by atoms with Gasteiger partial charge in [-0.1, -0.05) is 30.3 Å². The van der Waals surface area contributed by atoms with E-state index in [0.29, 0.717) is 18.8 Å².